The topological polar surface area (TPSA) is 74.8 Å². The van der Waals surface area contributed by atoms with Gasteiger partial charge in [-0.25, -0.2) is 4.98 Å². The van der Waals surface area contributed by atoms with Gasteiger partial charge in [-0.1, -0.05) is 25.5 Å². The van der Waals surface area contributed by atoms with Gasteiger partial charge in [-0.15, -0.1) is 0 Å². The van der Waals surface area contributed by atoms with Crippen LogP contribution in [0.2, 0.25) is 0 Å². The Labute approximate surface area is 119 Å². The van der Waals surface area contributed by atoms with Gasteiger partial charge in [0.05, 0.1) is 6.20 Å². The average molecular weight is 293 g/mol. The van der Waals surface area contributed by atoms with E-state index >= 15 is 0 Å². The molecule has 0 saturated heterocycles. The van der Waals surface area contributed by atoms with E-state index in [4.69, 9.17) is 0 Å². The predicted octanol–water partition coefficient (Wildman–Crippen LogP) is 2.86. The molecule has 0 atom stereocenters. The van der Waals surface area contributed by atoms with Gasteiger partial charge in [0.15, 0.2) is 5.03 Å². The van der Waals surface area contributed by atoms with E-state index in [2.05, 4.69) is 21.6 Å². The highest BCUT2D eigenvalue weighted by Crippen LogP contribution is 2.16. The summed E-state index contributed by atoms with van der Waals surface area (Å²) in [6.07, 6.45) is 4.61. The van der Waals surface area contributed by atoms with Gasteiger partial charge in [-0.2, -0.15) is 8.42 Å². The molecule has 2 N–H and O–H groups in total. The van der Waals surface area contributed by atoms with Gasteiger partial charge in [-0.3, -0.25) is 4.72 Å². The van der Waals surface area contributed by atoms with E-state index in [0.717, 1.165) is 19.3 Å². The summed E-state index contributed by atoms with van der Waals surface area (Å²) >= 11 is 0. The van der Waals surface area contributed by atoms with Crippen LogP contribution in [0.1, 0.15) is 31.2 Å². The Hall–Kier alpha value is -1.82. The first-order chi connectivity index (χ1) is 9.51. The summed E-state index contributed by atoms with van der Waals surface area (Å²) in [5, 5.41) is 0.0741. The van der Waals surface area contributed by atoms with Crippen molar-refractivity contribution < 1.29 is 8.42 Å². The fraction of sp³-hybridized carbons (Fsp3) is 0.357. The number of nitrogens with one attached hydrogen (secondary N) is 2. The van der Waals surface area contributed by atoms with Crippen molar-refractivity contribution >= 4 is 15.7 Å². The molecule has 108 valence electrons. The molecular formula is C14H19N3O2S. The minimum Gasteiger partial charge on any atom is -0.332 e. The number of aryl methyl sites for hydroxylation is 2. The second-order valence-electron chi connectivity index (χ2n) is 4.74. The molecule has 0 bridgehead atoms. The van der Waals surface area contributed by atoms with Crippen LogP contribution in [0.5, 0.6) is 0 Å². The molecule has 20 heavy (non-hydrogen) atoms. The maximum absolute atomic E-state index is 12.1. The summed E-state index contributed by atoms with van der Waals surface area (Å²) in [5.41, 5.74) is 1.77. The van der Waals surface area contributed by atoms with Crippen LogP contribution in [0.15, 0.2) is 35.5 Å². The van der Waals surface area contributed by atoms with Crippen molar-refractivity contribution in [3.8, 4) is 0 Å². The van der Waals surface area contributed by atoms with Crippen molar-refractivity contribution in [3.63, 3.8) is 0 Å². The standard InChI is InChI=1S/C14H19N3O2S/c1-3-4-5-12-6-8-13(9-7-12)17-20(18,19)14-10-15-11(2)16-14/h6-10,17H,3-5H2,1-2H3,(H,15,16). The molecule has 5 nitrogen and oxygen atoms in total. The van der Waals surface area contributed by atoms with Crippen LogP contribution < -0.4 is 4.72 Å². The summed E-state index contributed by atoms with van der Waals surface area (Å²) < 4.78 is 26.7. The van der Waals surface area contributed by atoms with Crippen LogP contribution in [0.3, 0.4) is 0 Å². The smallest absolute Gasteiger partial charge is 0.278 e. The number of H-pyrrole nitrogens is 1. The maximum Gasteiger partial charge on any atom is 0.278 e. The molecule has 0 unspecified atom stereocenters. The highest BCUT2D eigenvalue weighted by molar-refractivity contribution is 7.92. The number of aromatic amines is 1. The lowest BCUT2D eigenvalue weighted by atomic mass is 10.1. The van der Waals surface area contributed by atoms with Crippen molar-refractivity contribution in [2.45, 2.75) is 38.1 Å². The molecule has 1 aromatic carbocycles. The third kappa shape index (κ3) is 3.60. The van der Waals surface area contributed by atoms with E-state index in [9.17, 15) is 8.42 Å². The van der Waals surface area contributed by atoms with E-state index in [-0.39, 0.29) is 5.03 Å². The number of benzene rings is 1. The second kappa shape index (κ2) is 6.09. The summed E-state index contributed by atoms with van der Waals surface area (Å²) in [6.45, 7) is 3.86. The summed E-state index contributed by atoms with van der Waals surface area (Å²) in [4.78, 5) is 6.61. The first-order valence-electron chi connectivity index (χ1n) is 6.64. The summed E-state index contributed by atoms with van der Waals surface area (Å²) in [5.74, 6) is 0.570. The summed E-state index contributed by atoms with van der Waals surface area (Å²) in [7, 11) is -3.59. The Bertz CT molecular complexity index is 660. The van der Waals surface area contributed by atoms with Crippen molar-refractivity contribution in [1.29, 1.82) is 0 Å². The SMILES string of the molecule is CCCCc1ccc(NS(=O)(=O)c2cnc(C)[nH]2)cc1. The molecule has 0 aliphatic heterocycles. The normalized spacial score (nSPS) is 11.5. The maximum atomic E-state index is 12.1. The molecule has 0 aliphatic carbocycles. The van der Waals surface area contributed by atoms with Crippen LogP contribution in [0, 0.1) is 6.92 Å². The number of rotatable bonds is 6. The van der Waals surface area contributed by atoms with Crippen LogP contribution in [-0.2, 0) is 16.4 Å². The Morgan fingerprint density at radius 1 is 1.25 bits per heavy atom. The van der Waals surface area contributed by atoms with Gasteiger partial charge in [-0.05, 0) is 37.5 Å². The molecule has 0 saturated carbocycles. The number of hydrogen-bond donors (Lipinski definition) is 2. The quantitative estimate of drug-likeness (QED) is 0.860. The lowest BCUT2D eigenvalue weighted by Crippen LogP contribution is -2.13. The van der Waals surface area contributed by atoms with Crippen LogP contribution in [0.25, 0.3) is 0 Å². The Kier molecular flexibility index (Phi) is 4.44. The fourth-order valence-corrected chi connectivity index (χ4v) is 2.90. The number of anilines is 1. The molecular weight excluding hydrogens is 274 g/mol. The Morgan fingerprint density at radius 2 is 1.95 bits per heavy atom. The van der Waals surface area contributed by atoms with Gasteiger partial charge in [0.1, 0.15) is 5.82 Å². The van der Waals surface area contributed by atoms with E-state index < -0.39 is 10.0 Å². The molecule has 2 aromatic rings. The largest absolute Gasteiger partial charge is 0.332 e. The molecule has 2 rings (SSSR count). The van der Waals surface area contributed by atoms with Crippen molar-refractivity contribution in [1.82, 2.24) is 9.97 Å². The number of nitrogens with zero attached hydrogens (tertiary/aromatic N) is 1. The minimum atomic E-state index is -3.59. The fourth-order valence-electron chi connectivity index (χ4n) is 1.87. The molecule has 0 spiro atoms. The lowest BCUT2D eigenvalue weighted by Gasteiger charge is -2.07. The van der Waals surface area contributed by atoms with Crippen LogP contribution in [-0.4, -0.2) is 18.4 Å². The first-order valence-corrected chi connectivity index (χ1v) is 8.13. The second-order valence-corrected chi connectivity index (χ2v) is 6.39. The summed E-state index contributed by atoms with van der Waals surface area (Å²) in [6, 6.07) is 7.47. The number of sulfonamides is 1. The zero-order valence-corrected chi connectivity index (χ0v) is 12.5. The Balaban J connectivity index is 2.09. The third-order valence-corrected chi connectivity index (χ3v) is 4.29. The number of hydrogen-bond acceptors (Lipinski definition) is 3. The third-order valence-electron chi connectivity index (χ3n) is 2.99. The van der Waals surface area contributed by atoms with Crippen molar-refractivity contribution in [3.05, 3.63) is 41.9 Å². The first kappa shape index (κ1) is 14.6. The van der Waals surface area contributed by atoms with Gasteiger partial charge in [0.25, 0.3) is 10.0 Å². The highest BCUT2D eigenvalue weighted by Gasteiger charge is 2.16. The van der Waals surface area contributed by atoms with Crippen LogP contribution >= 0.6 is 0 Å². The monoisotopic (exact) mass is 293 g/mol. The number of unbranched alkanes of at least 4 members (excludes halogenated alkanes) is 1. The molecule has 0 radical (unpaired) electrons. The molecule has 0 amide bonds. The minimum absolute atomic E-state index is 0.0741. The van der Waals surface area contributed by atoms with Crippen molar-refractivity contribution in [2.75, 3.05) is 4.72 Å². The van der Waals surface area contributed by atoms with Crippen LogP contribution in [0.4, 0.5) is 5.69 Å². The van der Waals surface area contributed by atoms with Crippen molar-refractivity contribution in [2.24, 2.45) is 0 Å². The van der Waals surface area contributed by atoms with E-state index in [1.54, 1.807) is 19.1 Å². The van der Waals surface area contributed by atoms with Gasteiger partial charge in [0.2, 0.25) is 0 Å². The molecule has 1 heterocycles. The lowest BCUT2D eigenvalue weighted by molar-refractivity contribution is 0.598. The van der Waals surface area contributed by atoms with E-state index in [1.165, 1.54) is 11.8 Å². The molecule has 0 aliphatic rings. The van der Waals surface area contributed by atoms with E-state index in [1.807, 2.05) is 12.1 Å². The molecule has 0 fully saturated rings. The molecule has 6 heteroatoms. The predicted molar refractivity (Wildman–Crippen MR) is 79.2 cm³/mol. The van der Waals surface area contributed by atoms with Gasteiger partial charge in [0, 0.05) is 5.69 Å². The van der Waals surface area contributed by atoms with Gasteiger partial charge >= 0.3 is 0 Å². The average Bonchev–Trinajstić information content (AvgIpc) is 2.85. The molecule has 1 aromatic heterocycles. The van der Waals surface area contributed by atoms with Gasteiger partial charge < -0.3 is 4.98 Å². The van der Waals surface area contributed by atoms with E-state index in [0.29, 0.717) is 11.5 Å². The Morgan fingerprint density at radius 3 is 2.50 bits per heavy atom. The zero-order chi connectivity index (χ0) is 14.6. The highest BCUT2D eigenvalue weighted by atomic mass is 32.2. The zero-order valence-electron chi connectivity index (χ0n) is 11.7. The number of aromatic nitrogens is 2. The number of imidazole rings is 1.